The Kier molecular flexibility index (Phi) is 5.00. The Labute approximate surface area is 44.0 Å². The van der Waals surface area contributed by atoms with Crippen molar-refractivity contribution >= 4 is 0 Å². The van der Waals surface area contributed by atoms with E-state index in [0.717, 1.165) is 6.42 Å². The van der Waals surface area contributed by atoms with E-state index in [1.54, 1.807) is 12.2 Å². The fourth-order valence-electron chi connectivity index (χ4n) is 0.267. The molecule has 0 radical (unpaired) electrons. The highest BCUT2D eigenvalue weighted by molar-refractivity contribution is 4.87. The Bertz CT molecular complexity index is 64.6. The fourth-order valence-corrected chi connectivity index (χ4v) is 0.267. The Morgan fingerprint density at radius 2 is 2.14 bits per heavy atom. The van der Waals surface area contributed by atoms with Gasteiger partial charge in [0.15, 0.2) is 0 Å². The van der Waals surface area contributed by atoms with Crippen LogP contribution in [0, 0.1) is 0 Å². The highest BCUT2D eigenvalue weighted by Crippen LogP contribution is 1.79. The van der Waals surface area contributed by atoms with E-state index in [2.05, 4.69) is 6.58 Å². The van der Waals surface area contributed by atoms with Crippen LogP contribution in [0.3, 0.4) is 0 Å². The smallest absolute Gasteiger partial charge is 0.0612 e. The molecule has 0 fully saturated rings. The van der Waals surface area contributed by atoms with Gasteiger partial charge in [-0.25, -0.2) is 0 Å². The Balaban J connectivity index is 2.92. The summed E-state index contributed by atoms with van der Waals surface area (Å²) in [6.45, 7) is 3.63. The van der Waals surface area contributed by atoms with Crippen LogP contribution in [-0.2, 0) is 0 Å². The van der Waals surface area contributed by atoms with Gasteiger partial charge in [-0.05, 0) is 6.42 Å². The maximum absolute atomic E-state index is 8.17. The third kappa shape index (κ3) is 5.44. The summed E-state index contributed by atoms with van der Waals surface area (Å²) in [5.41, 5.74) is 0. The average Bonchev–Trinajstić information content (AvgIpc) is 1.69. The summed E-state index contributed by atoms with van der Waals surface area (Å²) >= 11 is 0. The number of hydrogen-bond acceptors (Lipinski definition) is 1. The van der Waals surface area contributed by atoms with Crippen LogP contribution in [0.2, 0.25) is 0 Å². The van der Waals surface area contributed by atoms with Crippen LogP contribution in [-0.4, -0.2) is 11.7 Å². The molecular weight excluding hydrogens is 88.1 g/mol. The van der Waals surface area contributed by atoms with E-state index in [-0.39, 0.29) is 6.61 Å². The monoisotopic (exact) mass is 98.1 g/mol. The molecule has 0 aliphatic heterocycles. The van der Waals surface area contributed by atoms with E-state index in [1.807, 2.05) is 6.08 Å². The maximum atomic E-state index is 8.17. The van der Waals surface area contributed by atoms with Crippen molar-refractivity contribution in [2.75, 3.05) is 6.61 Å². The quantitative estimate of drug-likeness (QED) is 0.524. The first-order valence-electron chi connectivity index (χ1n) is 2.28. The first kappa shape index (κ1) is 6.44. The summed E-state index contributed by atoms with van der Waals surface area (Å²) in [5.74, 6) is 0. The van der Waals surface area contributed by atoms with Crippen LogP contribution in [0.25, 0.3) is 0 Å². The summed E-state index contributed by atoms with van der Waals surface area (Å²) in [4.78, 5) is 0. The van der Waals surface area contributed by atoms with Crippen LogP contribution in [0.15, 0.2) is 24.8 Å². The van der Waals surface area contributed by atoms with Gasteiger partial charge in [0.05, 0.1) is 6.61 Å². The van der Waals surface area contributed by atoms with E-state index in [4.69, 9.17) is 5.11 Å². The molecule has 0 heterocycles. The molecule has 0 aromatic carbocycles. The molecule has 0 spiro atoms. The summed E-state index contributed by atoms with van der Waals surface area (Å²) in [6.07, 6.45) is 6.20. The fraction of sp³-hybridized carbons (Fsp3) is 0.333. The zero-order chi connectivity index (χ0) is 5.54. The van der Waals surface area contributed by atoms with Crippen molar-refractivity contribution in [3.8, 4) is 0 Å². The predicted molar refractivity (Wildman–Crippen MR) is 31.0 cm³/mol. The van der Waals surface area contributed by atoms with Crippen molar-refractivity contribution in [1.82, 2.24) is 0 Å². The minimum absolute atomic E-state index is 0.133. The molecule has 0 aliphatic rings. The van der Waals surface area contributed by atoms with Crippen molar-refractivity contribution in [3.05, 3.63) is 24.8 Å². The van der Waals surface area contributed by atoms with Gasteiger partial charge in [-0.2, -0.15) is 0 Å². The van der Waals surface area contributed by atoms with Crippen LogP contribution >= 0.6 is 0 Å². The first-order valence-corrected chi connectivity index (χ1v) is 2.28. The molecule has 0 saturated carbocycles. The number of allylic oxidation sites excluding steroid dienone is 2. The summed E-state index contributed by atoms with van der Waals surface area (Å²) in [7, 11) is 0. The molecular formula is C6H10O. The van der Waals surface area contributed by atoms with Crippen molar-refractivity contribution in [3.63, 3.8) is 0 Å². The molecule has 0 aliphatic carbocycles. The van der Waals surface area contributed by atoms with Crippen LogP contribution in [0.5, 0.6) is 0 Å². The average molecular weight is 98.1 g/mol. The van der Waals surface area contributed by atoms with Gasteiger partial charge in [0.25, 0.3) is 0 Å². The molecule has 40 valence electrons. The second kappa shape index (κ2) is 5.44. The molecule has 1 N–H and O–H groups in total. The lowest BCUT2D eigenvalue weighted by Gasteiger charge is -1.75. The van der Waals surface area contributed by atoms with E-state index in [1.165, 1.54) is 0 Å². The van der Waals surface area contributed by atoms with Gasteiger partial charge in [0.2, 0.25) is 0 Å². The van der Waals surface area contributed by atoms with Crippen LogP contribution in [0.1, 0.15) is 6.42 Å². The van der Waals surface area contributed by atoms with E-state index < -0.39 is 0 Å². The maximum Gasteiger partial charge on any atom is 0.0612 e. The standard InChI is InChI=1S/C6H10O/c1-2-3-4-5-6-7/h2,4-5,7H,1,3,6H2/b5-4+. The number of hydrogen-bond donors (Lipinski definition) is 1. The highest BCUT2D eigenvalue weighted by Gasteiger charge is 1.63. The third-order valence-corrected chi connectivity index (χ3v) is 0.575. The van der Waals surface area contributed by atoms with Gasteiger partial charge in [-0.15, -0.1) is 6.58 Å². The topological polar surface area (TPSA) is 20.2 Å². The van der Waals surface area contributed by atoms with Gasteiger partial charge in [0.1, 0.15) is 0 Å². The SMILES string of the molecule is C=CC/C=C/CO. The third-order valence-electron chi connectivity index (χ3n) is 0.575. The van der Waals surface area contributed by atoms with Gasteiger partial charge in [0, 0.05) is 0 Å². The van der Waals surface area contributed by atoms with Crippen molar-refractivity contribution < 1.29 is 5.11 Å². The predicted octanol–water partition coefficient (Wildman–Crippen LogP) is 1.11. The second-order valence-electron chi connectivity index (χ2n) is 1.18. The zero-order valence-electron chi connectivity index (χ0n) is 4.30. The lowest BCUT2D eigenvalue weighted by Crippen LogP contribution is -1.68. The molecule has 7 heavy (non-hydrogen) atoms. The van der Waals surface area contributed by atoms with E-state index in [9.17, 15) is 0 Å². The molecule has 0 amide bonds. The Morgan fingerprint density at radius 1 is 1.43 bits per heavy atom. The number of aliphatic hydroxyl groups is 1. The zero-order valence-corrected chi connectivity index (χ0v) is 4.30. The molecule has 0 aromatic rings. The highest BCUT2D eigenvalue weighted by atomic mass is 16.2. The summed E-state index contributed by atoms with van der Waals surface area (Å²) in [5, 5.41) is 8.17. The lowest BCUT2D eigenvalue weighted by molar-refractivity contribution is 0.342. The summed E-state index contributed by atoms with van der Waals surface area (Å²) in [6, 6.07) is 0. The van der Waals surface area contributed by atoms with Gasteiger partial charge >= 0.3 is 0 Å². The lowest BCUT2D eigenvalue weighted by atomic mass is 10.4. The number of aliphatic hydroxyl groups excluding tert-OH is 1. The van der Waals surface area contributed by atoms with Gasteiger partial charge < -0.3 is 5.11 Å². The first-order chi connectivity index (χ1) is 3.41. The van der Waals surface area contributed by atoms with Crippen LogP contribution < -0.4 is 0 Å². The molecule has 0 atom stereocenters. The Morgan fingerprint density at radius 3 is 2.57 bits per heavy atom. The van der Waals surface area contributed by atoms with Gasteiger partial charge in [-0.1, -0.05) is 18.2 Å². The molecule has 0 aromatic heterocycles. The molecule has 1 heteroatoms. The molecule has 0 saturated heterocycles. The van der Waals surface area contributed by atoms with Crippen molar-refractivity contribution in [2.24, 2.45) is 0 Å². The second-order valence-corrected chi connectivity index (χ2v) is 1.18. The molecule has 0 unspecified atom stereocenters. The molecule has 0 rings (SSSR count). The van der Waals surface area contributed by atoms with Crippen LogP contribution in [0.4, 0.5) is 0 Å². The number of rotatable bonds is 3. The minimum Gasteiger partial charge on any atom is -0.392 e. The minimum atomic E-state index is 0.133. The van der Waals surface area contributed by atoms with E-state index in [0.29, 0.717) is 0 Å². The van der Waals surface area contributed by atoms with E-state index >= 15 is 0 Å². The summed E-state index contributed by atoms with van der Waals surface area (Å²) < 4.78 is 0. The van der Waals surface area contributed by atoms with Crippen molar-refractivity contribution in [2.45, 2.75) is 6.42 Å². The normalized spacial score (nSPS) is 9.86. The van der Waals surface area contributed by atoms with Crippen molar-refractivity contribution in [1.29, 1.82) is 0 Å². The Hall–Kier alpha value is -0.560. The molecule has 0 bridgehead atoms. The molecule has 1 nitrogen and oxygen atoms in total. The van der Waals surface area contributed by atoms with Gasteiger partial charge in [-0.3, -0.25) is 0 Å². The largest absolute Gasteiger partial charge is 0.392 e.